The SMILES string of the molecule is CC(F)(F)Oc1cccc2c1CNC2. The lowest BCUT2D eigenvalue weighted by atomic mass is 10.1. The van der Waals surface area contributed by atoms with Crippen LogP contribution < -0.4 is 10.1 Å². The largest absolute Gasteiger partial charge is 0.432 e. The molecule has 0 aliphatic carbocycles. The Kier molecular flexibility index (Phi) is 2.15. The predicted molar refractivity (Wildman–Crippen MR) is 48.2 cm³/mol. The number of benzene rings is 1. The molecule has 14 heavy (non-hydrogen) atoms. The third-order valence-corrected chi connectivity index (χ3v) is 2.14. The van der Waals surface area contributed by atoms with Crippen molar-refractivity contribution in [2.45, 2.75) is 26.1 Å². The van der Waals surface area contributed by atoms with E-state index in [2.05, 4.69) is 10.1 Å². The standard InChI is InChI=1S/C10H11F2NO/c1-10(11,12)14-9-4-2-3-7-5-13-6-8(7)9/h2-4,13H,5-6H2,1H3. The monoisotopic (exact) mass is 199 g/mol. The Hall–Kier alpha value is -1.16. The van der Waals surface area contributed by atoms with Crippen molar-refractivity contribution in [1.29, 1.82) is 0 Å². The maximum Gasteiger partial charge on any atom is 0.394 e. The van der Waals surface area contributed by atoms with Gasteiger partial charge in [-0.05, 0) is 11.6 Å². The van der Waals surface area contributed by atoms with E-state index in [4.69, 9.17) is 0 Å². The molecular formula is C10H11F2NO. The molecular weight excluding hydrogens is 188 g/mol. The highest BCUT2D eigenvalue weighted by atomic mass is 19.3. The highest BCUT2D eigenvalue weighted by molar-refractivity contribution is 5.42. The number of alkyl halides is 2. The summed E-state index contributed by atoms with van der Waals surface area (Å²) in [5.74, 6) is 0.278. The third-order valence-electron chi connectivity index (χ3n) is 2.14. The van der Waals surface area contributed by atoms with Gasteiger partial charge in [0.2, 0.25) is 0 Å². The van der Waals surface area contributed by atoms with Gasteiger partial charge in [-0.15, -0.1) is 0 Å². The number of nitrogens with one attached hydrogen (secondary N) is 1. The van der Waals surface area contributed by atoms with Crippen LogP contribution in [0.25, 0.3) is 0 Å². The van der Waals surface area contributed by atoms with Crippen molar-refractivity contribution >= 4 is 0 Å². The molecule has 1 N–H and O–H groups in total. The molecule has 0 atom stereocenters. The van der Waals surface area contributed by atoms with Gasteiger partial charge in [-0.1, -0.05) is 12.1 Å². The fourth-order valence-corrected chi connectivity index (χ4v) is 1.59. The number of fused-ring (bicyclic) bond motifs is 1. The lowest BCUT2D eigenvalue weighted by Crippen LogP contribution is -2.20. The quantitative estimate of drug-likeness (QED) is 0.789. The number of hydrogen-bond donors (Lipinski definition) is 1. The third kappa shape index (κ3) is 1.85. The van der Waals surface area contributed by atoms with Gasteiger partial charge in [0.1, 0.15) is 5.75 Å². The summed E-state index contributed by atoms with van der Waals surface area (Å²) in [6, 6.07) is 5.21. The Labute approximate surface area is 80.9 Å². The van der Waals surface area contributed by atoms with Crippen LogP contribution in [0.1, 0.15) is 18.1 Å². The van der Waals surface area contributed by atoms with Crippen LogP contribution in [-0.4, -0.2) is 6.11 Å². The van der Waals surface area contributed by atoms with Gasteiger partial charge in [0.25, 0.3) is 0 Å². The van der Waals surface area contributed by atoms with Crippen molar-refractivity contribution in [2.75, 3.05) is 0 Å². The normalized spacial score (nSPS) is 15.4. The summed E-state index contributed by atoms with van der Waals surface area (Å²) in [7, 11) is 0. The fraction of sp³-hybridized carbons (Fsp3) is 0.400. The first-order valence-electron chi connectivity index (χ1n) is 4.44. The zero-order valence-electron chi connectivity index (χ0n) is 7.81. The molecule has 2 nitrogen and oxygen atoms in total. The summed E-state index contributed by atoms with van der Waals surface area (Å²) in [5, 5.41) is 3.09. The molecule has 0 spiro atoms. The van der Waals surface area contributed by atoms with E-state index in [9.17, 15) is 8.78 Å². The first-order chi connectivity index (χ1) is 6.56. The molecule has 4 heteroatoms. The average molecular weight is 199 g/mol. The van der Waals surface area contributed by atoms with E-state index < -0.39 is 6.11 Å². The van der Waals surface area contributed by atoms with Crippen molar-refractivity contribution < 1.29 is 13.5 Å². The zero-order valence-corrected chi connectivity index (χ0v) is 7.81. The molecule has 2 rings (SSSR count). The molecule has 0 unspecified atom stereocenters. The molecule has 76 valence electrons. The van der Waals surface area contributed by atoms with Gasteiger partial charge >= 0.3 is 6.11 Å². The molecule has 0 saturated heterocycles. The minimum atomic E-state index is -3.11. The molecule has 0 fully saturated rings. The summed E-state index contributed by atoms with van der Waals surface area (Å²) in [4.78, 5) is 0. The molecule has 1 aromatic rings. The second-order valence-corrected chi connectivity index (χ2v) is 3.41. The Morgan fingerprint density at radius 3 is 2.86 bits per heavy atom. The van der Waals surface area contributed by atoms with E-state index in [-0.39, 0.29) is 5.75 Å². The van der Waals surface area contributed by atoms with Gasteiger partial charge < -0.3 is 10.1 Å². The lowest BCUT2D eigenvalue weighted by Gasteiger charge is -2.15. The minimum absolute atomic E-state index is 0.278. The summed E-state index contributed by atoms with van der Waals surface area (Å²) in [5.41, 5.74) is 1.88. The summed E-state index contributed by atoms with van der Waals surface area (Å²) in [6.07, 6.45) is -3.11. The molecule has 0 saturated carbocycles. The van der Waals surface area contributed by atoms with Gasteiger partial charge in [0.15, 0.2) is 0 Å². The highest BCUT2D eigenvalue weighted by Crippen LogP contribution is 2.29. The van der Waals surface area contributed by atoms with Crippen molar-refractivity contribution in [2.24, 2.45) is 0 Å². The van der Waals surface area contributed by atoms with E-state index in [0.717, 1.165) is 24.6 Å². The number of halogens is 2. The van der Waals surface area contributed by atoms with E-state index in [0.29, 0.717) is 6.54 Å². The summed E-state index contributed by atoms with van der Waals surface area (Å²) >= 11 is 0. The smallest absolute Gasteiger partial charge is 0.394 e. The lowest BCUT2D eigenvalue weighted by molar-refractivity contribution is -0.159. The first kappa shape index (κ1) is 9.40. The van der Waals surface area contributed by atoms with Crippen LogP contribution in [0.4, 0.5) is 8.78 Å². The molecule has 0 amide bonds. The first-order valence-corrected chi connectivity index (χ1v) is 4.44. The second kappa shape index (κ2) is 3.20. The number of hydrogen-bond acceptors (Lipinski definition) is 2. The fourth-order valence-electron chi connectivity index (χ4n) is 1.59. The van der Waals surface area contributed by atoms with Gasteiger partial charge in [-0.25, -0.2) is 0 Å². The van der Waals surface area contributed by atoms with Crippen molar-refractivity contribution in [3.8, 4) is 5.75 Å². The molecule has 0 bridgehead atoms. The van der Waals surface area contributed by atoms with E-state index >= 15 is 0 Å². The van der Waals surface area contributed by atoms with E-state index in [1.807, 2.05) is 6.07 Å². The maximum absolute atomic E-state index is 12.6. The molecule has 0 radical (unpaired) electrons. The predicted octanol–water partition coefficient (Wildman–Crippen LogP) is 2.28. The van der Waals surface area contributed by atoms with Crippen LogP contribution in [-0.2, 0) is 13.1 Å². The topological polar surface area (TPSA) is 21.3 Å². The Morgan fingerprint density at radius 2 is 2.14 bits per heavy atom. The molecule has 1 aliphatic rings. The van der Waals surface area contributed by atoms with Crippen molar-refractivity contribution in [3.05, 3.63) is 29.3 Å². The van der Waals surface area contributed by atoms with Gasteiger partial charge in [-0.3, -0.25) is 0 Å². The maximum atomic E-state index is 12.6. The van der Waals surface area contributed by atoms with Gasteiger partial charge in [-0.2, -0.15) is 8.78 Å². The number of rotatable bonds is 2. The van der Waals surface area contributed by atoms with Crippen molar-refractivity contribution in [1.82, 2.24) is 5.32 Å². The second-order valence-electron chi connectivity index (χ2n) is 3.41. The van der Waals surface area contributed by atoms with Crippen LogP contribution in [0.3, 0.4) is 0 Å². The van der Waals surface area contributed by atoms with Crippen molar-refractivity contribution in [3.63, 3.8) is 0 Å². The summed E-state index contributed by atoms with van der Waals surface area (Å²) in [6.45, 7) is 2.07. The van der Waals surface area contributed by atoms with Crippen LogP contribution in [0.5, 0.6) is 5.75 Å². The Balaban J connectivity index is 2.31. The highest BCUT2D eigenvalue weighted by Gasteiger charge is 2.26. The molecule has 0 aromatic heterocycles. The zero-order chi connectivity index (χ0) is 10.2. The van der Waals surface area contributed by atoms with Gasteiger partial charge in [0, 0.05) is 25.6 Å². The van der Waals surface area contributed by atoms with Gasteiger partial charge in [0.05, 0.1) is 0 Å². The molecule has 1 heterocycles. The Morgan fingerprint density at radius 1 is 1.36 bits per heavy atom. The Bertz CT molecular complexity index is 346. The minimum Gasteiger partial charge on any atom is -0.432 e. The van der Waals surface area contributed by atoms with E-state index in [1.54, 1.807) is 12.1 Å². The van der Waals surface area contributed by atoms with Crippen LogP contribution >= 0.6 is 0 Å². The van der Waals surface area contributed by atoms with Crippen LogP contribution in [0, 0.1) is 0 Å². The average Bonchev–Trinajstić information content (AvgIpc) is 2.49. The van der Waals surface area contributed by atoms with Crippen LogP contribution in [0.2, 0.25) is 0 Å². The summed E-state index contributed by atoms with van der Waals surface area (Å²) < 4.78 is 29.8. The number of ether oxygens (including phenoxy) is 1. The van der Waals surface area contributed by atoms with E-state index in [1.165, 1.54) is 0 Å². The molecule has 1 aliphatic heterocycles. The van der Waals surface area contributed by atoms with Crippen LogP contribution in [0.15, 0.2) is 18.2 Å². The molecule has 1 aromatic carbocycles.